The smallest absolute Gasteiger partial charge is 0.346 e. The molecule has 0 unspecified atom stereocenters. The Morgan fingerprint density at radius 3 is 1.72 bits per heavy atom. The summed E-state index contributed by atoms with van der Waals surface area (Å²) in [4.78, 5) is 86.6. The highest BCUT2D eigenvalue weighted by Gasteiger charge is 2.33. The van der Waals surface area contributed by atoms with E-state index in [0.29, 0.717) is 61.1 Å². The van der Waals surface area contributed by atoms with E-state index in [1.54, 1.807) is 36.7 Å². The van der Waals surface area contributed by atoms with Crippen LogP contribution in [0.5, 0.6) is 6.01 Å². The number of rotatable bonds is 12. The minimum atomic E-state index is -0.293. The van der Waals surface area contributed by atoms with Gasteiger partial charge in [-0.1, -0.05) is 99.8 Å². The highest BCUT2D eigenvalue weighted by molar-refractivity contribution is 6.34. The van der Waals surface area contributed by atoms with Crippen LogP contribution in [-0.4, -0.2) is 91.6 Å². The maximum atomic E-state index is 13.2. The number of benzene rings is 3. The van der Waals surface area contributed by atoms with Gasteiger partial charge in [-0.05, 0) is 79.9 Å². The molecule has 0 aliphatic carbocycles. The molecule has 0 spiro atoms. The summed E-state index contributed by atoms with van der Waals surface area (Å²) in [6.07, 6.45) is 5.96. The van der Waals surface area contributed by atoms with Crippen LogP contribution in [-0.2, 0) is 22.7 Å². The Kier molecular flexibility index (Phi) is 13.9. The predicted octanol–water partition coefficient (Wildman–Crippen LogP) is 7.91. The van der Waals surface area contributed by atoms with Crippen molar-refractivity contribution >= 4 is 69.5 Å². The number of halogens is 3. The highest BCUT2D eigenvalue weighted by atomic mass is 35.5. The SMILES string of the molecule is Cc1cccc([C@@H](C)NC(=O)CN2Cc3ncc(-c4nc(Cl)ncc4Cl)cc3C2=O)c1.Cc1cccc([C@@H](C)NC(=O)CN2Cc3ncc(-c4nc(On5nnc6ccccc65)ncc4Cl)cc3C2=O)c1. The number of carbonyl (C=O) groups is 4. The van der Waals surface area contributed by atoms with Crippen LogP contribution in [0.4, 0.5) is 0 Å². The standard InChI is InChI=1S/C28H23ClN8O3.C22H19Cl2N5O2/c1-16-6-5-7-18(10-16)17(2)32-25(38)15-36-14-23-20(27(36)39)11-19(12-30-23)26-21(29)13-31-28(33-26)40-37-24-9-4-3-8-22(24)34-35-37;1-12-4-3-5-14(6-12)13(2)27-19(30)11-29-10-18-16(21(29)31)7-15(8-25-18)20-17(23)9-26-22(24)28-20/h3-13,17H,14-15H2,1-2H3,(H,32,38);3-9,13H,10-11H2,1-2H3,(H,27,30)/t17-;13-/m11/s1. The van der Waals surface area contributed by atoms with Gasteiger partial charge in [-0.15, -0.1) is 5.10 Å². The van der Waals surface area contributed by atoms with Crippen molar-refractivity contribution in [3.8, 4) is 28.5 Å². The molecule has 0 saturated heterocycles. The molecule has 358 valence electrons. The predicted molar refractivity (Wildman–Crippen MR) is 264 cm³/mol. The first-order chi connectivity index (χ1) is 34.2. The minimum Gasteiger partial charge on any atom is -0.348 e. The summed E-state index contributed by atoms with van der Waals surface area (Å²) in [5, 5.41) is 14.5. The fraction of sp³-hybridized carbons (Fsp3) is 0.200. The van der Waals surface area contributed by atoms with Gasteiger partial charge in [0, 0.05) is 23.5 Å². The summed E-state index contributed by atoms with van der Waals surface area (Å²) >= 11 is 18.4. The maximum Gasteiger partial charge on any atom is 0.346 e. The van der Waals surface area contributed by atoms with Crippen molar-refractivity contribution < 1.29 is 24.0 Å². The van der Waals surface area contributed by atoms with Gasteiger partial charge >= 0.3 is 6.01 Å². The summed E-state index contributed by atoms with van der Waals surface area (Å²) in [6.45, 7) is 8.18. The molecule has 3 aromatic carbocycles. The van der Waals surface area contributed by atoms with Gasteiger partial charge in [0.05, 0.1) is 81.5 Å². The molecule has 0 fully saturated rings. The number of para-hydroxylation sites is 1. The number of aryl methyl sites for hydroxylation is 2. The van der Waals surface area contributed by atoms with E-state index in [-0.39, 0.29) is 78.2 Å². The third kappa shape index (κ3) is 10.8. The fourth-order valence-corrected chi connectivity index (χ4v) is 8.61. The van der Waals surface area contributed by atoms with Crippen LogP contribution in [0.3, 0.4) is 0 Å². The second kappa shape index (κ2) is 20.6. The molecule has 0 radical (unpaired) electrons. The number of nitrogens with one attached hydrogen (secondary N) is 2. The Morgan fingerprint density at radius 2 is 1.17 bits per heavy atom. The second-order valence-electron chi connectivity index (χ2n) is 16.9. The number of hydrogen-bond donors (Lipinski definition) is 2. The molecule has 18 nitrogen and oxygen atoms in total. The summed E-state index contributed by atoms with van der Waals surface area (Å²) in [5.41, 5.74) is 9.31. The van der Waals surface area contributed by atoms with E-state index in [1.165, 1.54) is 27.0 Å². The molecule has 10 rings (SSSR count). The number of amides is 4. The molecule has 2 aliphatic heterocycles. The van der Waals surface area contributed by atoms with Crippen LogP contribution in [0.2, 0.25) is 15.3 Å². The molecule has 7 heterocycles. The molecule has 21 heteroatoms. The topological polar surface area (TPSA) is 216 Å². The Labute approximate surface area is 421 Å². The first-order valence-electron chi connectivity index (χ1n) is 22.2. The zero-order chi connectivity index (χ0) is 49.9. The molecule has 2 atom stereocenters. The lowest BCUT2D eigenvalue weighted by atomic mass is 10.1. The van der Waals surface area contributed by atoms with Gasteiger partial charge in [0.25, 0.3) is 11.8 Å². The van der Waals surface area contributed by atoms with Gasteiger partial charge in [0.15, 0.2) is 0 Å². The van der Waals surface area contributed by atoms with Gasteiger partial charge in [-0.2, -0.15) is 4.98 Å². The quantitative estimate of drug-likeness (QED) is 0.111. The lowest BCUT2D eigenvalue weighted by Gasteiger charge is -2.19. The average molecular weight is 1010 g/mol. The van der Waals surface area contributed by atoms with Gasteiger partial charge < -0.3 is 25.3 Å². The highest BCUT2D eigenvalue weighted by Crippen LogP contribution is 2.32. The molecular weight excluding hydrogens is 969 g/mol. The molecule has 8 aromatic rings. The van der Waals surface area contributed by atoms with Crippen molar-refractivity contribution in [1.29, 1.82) is 0 Å². The Morgan fingerprint density at radius 1 is 0.648 bits per heavy atom. The van der Waals surface area contributed by atoms with Gasteiger partial charge in [0.1, 0.15) is 24.1 Å². The van der Waals surface area contributed by atoms with Crippen LogP contribution >= 0.6 is 34.8 Å². The Bertz CT molecular complexity index is 3390. The van der Waals surface area contributed by atoms with Crippen molar-refractivity contribution in [1.82, 2.24) is 65.5 Å². The molecule has 71 heavy (non-hydrogen) atoms. The van der Waals surface area contributed by atoms with E-state index in [2.05, 4.69) is 50.8 Å². The van der Waals surface area contributed by atoms with Crippen molar-refractivity contribution in [2.75, 3.05) is 13.1 Å². The van der Waals surface area contributed by atoms with E-state index in [9.17, 15) is 19.2 Å². The van der Waals surface area contributed by atoms with Crippen LogP contribution in [0, 0.1) is 13.8 Å². The van der Waals surface area contributed by atoms with Crippen LogP contribution < -0.4 is 15.5 Å². The maximum absolute atomic E-state index is 13.2. The lowest BCUT2D eigenvalue weighted by molar-refractivity contribution is -0.123. The number of aromatic nitrogens is 9. The largest absolute Gasteiger partial charge is 0.348 e. The minimum absolute atomic E-state index is 0.0112. The number of pyridine rings is 2. The fourth-order valence-electron chi connectivity index (χ4n) is 8.07. The van der Waals surface area contributed by atoms with Gasteiger partial charge in [-0.3, -0.25) is 29.1 Å². The summed E-state index contributed by atoms with van der Waals surface area (Å²) in [5.74, 6) is -1.05. The van der Waals surface area contributed by atoms with Crippen molar-refractivity contribution in [3.05, 3.63) is 170 Å². The number of nitrogens with zero attached hydrogens (tertiary/aromatic N) is 11. The van der Waals surface area contributed by atoms with Crippen molar-refractivity contribution in [2.45, 2.75) is 52.9 Å². The van der Waals surface area contributed by atoms with Crippen molar-refractivity contribution in [3.63, 3.8) is 0 Å². The number of hydrogen-bond acceptors (Lipinski definition) is 13. The molecule has 0 bridgehead atoms. The molecule has 4 amide bonds. The zero-order valence-electron chi connectivity index (χ0n) is 38.5. The third-order valence-corrected chi connectivity index (χ3v) is 12.4. The normalized spacial score (nSPS) is 13.6. The lowest BCUT2D eigenvalue weighted by Crippen LogP contribution is -2.38. The number of fused-ring (bicyclic) bond motifs is 3. The van der Waals surface area contributed by atoms with Gasteiger partial charge in [-0.25, -0.2) is 15.0 Å². The molecule has 0 saturated carbocycles. The third-order valence-electron chi connectivity index (χ3n) is 11.6. The Hall–Kier alpha value is -7.93. The van der Waals surface area contributed by atoms with Crippen LogP contribution in [0.1, 0.15) is 80.3 Å². The molecular formula is C50H42Cl3N13O5. The van der Waals surface area contributed by atoms with Gasteiger partial charge in [0.2, 0.25) is 17.1 Å². The van der Waals surface area contributed by atoms with E-state index >= 15 is 0 Å². The summed E-state index contributed by atoms with van der Waals surface area (Å²) in [7, 11) is 0. The average Bonchev–Trinajstić information content (AvgIpc) is 4.01. The Balaban J connectivity index is 0.000000182. The molecule has 5 aromatic heterocycles. The molecule has 2 N–H and O–H groups in total. The first kappa shape index (κ1) is 48.1. The first-order valence-corrected chi connectivity index (χ1v) is 23.3. The summed E-state index contributed by atoms with van der Waals surface area (Å²) < 4.78 is 0. The second-order valence-corrected chi connectivity index (χ2v) is 18.0. The van der Waals surface area contributed by atoms with E-state index in [1.807, 2.05) is 88.4 Å². The summed E-state index contributed by atoms with van der Waals surface area (Å²) in [6, 6.07) is 26.1. The zero-order valence-corrected chi connectivity index (χ0v) is 40.7. The van der Waals surface area contributed by atoms with Crippen LogP contribution in [0.25, 0.3) is 33.5 Å². The number of carbonyl (C=O) groups excluding carboxylic acids is 4. The van der Waals surface area contributed by atoms with Crippen LogP contribution in [0.15, 0.2) is 110 Å². The van der Waals surface area contributed by atoms with E-state index in [4.69, 9.17) is 39.6 Å². The van der Waals surface area contributed by atoms with E-state index < -0.39 is 0 Å². The monoisotopic (exact) mass is 1010 g/mol. The van der Waals surface area contributed by atoms with Crippen molar-refractivity contribution in [2.24, 2.45) is 0 Å². The molecule has 2 aliphatic rings. The van der Waals surface area contributed by atoms with E-state index in [0.717, 1.165) is 22.3 Å².